The van der Waals surface area contributed by atoms with Crippen molar-refractivity contribution in [3.8, 4) is 5.75 Å². The summed E-state index contributed by atoms with van der Waals surface area (Å²) in [5, 5.41) is 0. The number of nitrogens with two attached hydrogens (primary N) is 1. The SMILES string of the molecule is CCc1ccc(/C=C/c2ccc3c(c2)OCC(C)(C)C3OC(N)=O)cc1. The number of ether oxygens (including phenoxy) is 2. The van der Waals surface area contributed by atoms with E-state index in [1.807, 2.05) is 38.1 Å². The number of hydrogen-bond acceptors (Lipinski definition) is 3. The molecule has 0 spiro atoms. The highest BCUT2D eigenvalue weighted by atomic mass is 16.6. The molecule has 0 fully saturated rings. The van der Waals surface area contributed by atoms with Crippen molar-refractivity contribution in [3.05, 3.63) is 64.7 Å². The van der Waals surface area contributed by atoms with Crippen molar-refractivity contribution in [2.75, 3.05) is 6.61 Å². The van der Waals surface area contributed by atoms with Crippen molar-refractivity contribution in [2.24, 2.45) is 11.1 Å². The lowest BCUT2D eigenvalue weighted by atomic mass is 9.81. The molecule has 4 nitrogen and oxygen atoms in total. The molecule has 2 aromatic carbocycles. The molecule has 1 unspecified atom stereocenters. The summed E-state index contributed by atoms with van der Waals surface area (Å²) < 4.78 is 11.3. The maximum Gasteiger partial charge on any atom is 0.405 e. The zero-order valence-corrected chi connectivity index (χ0v) is 15.5. The quantitative estimate of drug-likeness (QED) is 0.791. The fourth-order valence-corrected chi connectivity index (χ4v) is 3.15. The zero-order chi connectivity index (χ0) is 18.7. The molecule has 0 saturated heterocycles. The van der Waals surface area contributed by atoms with E-state index in [0.717, 1.165) is 28.9 Å². The second-order valence-corrected chi connectivity index (χ2v) is 7.32. The molecule has 1 aliphatic rings. The van der Waals surface area contributed by atoms with Crippen LogP contribution in [0.1, 0.15) is 49.1 Å². The molecule has 0 bridgehead atoms. The highest BCUT2D eigenvalue weighted by Gasteiger charge is 2.40. The summed E-state index contributed by atoms with van der Waals surface area (Å²) in [6.07, 6.45) is 3.98. The van der Waals surface area contributed by atoms with E-state index in [-0.39, 0.29) is 5.41 Å². The van der Waals surface area contributed by atoms with Gasteiger partial charge in [-0.1, -0.05) is 69.3 Å². The molecule has 0 aliphatic carbocycles. The molecule has 1 aliphatic heterocycles. The Hall–Kier alpha value is -2.75. The number of hydrogen-bond donors (Lipinski definition) is 1. The highest BCUT2D eigenvalue weighted by Crippen LogP contribution is 2.45. The van der Waals surface area contributed by atoms with Crippen molar-refractivity contribution < 1.29 is 14.3 Å². The molecule has 0 aromatic heterocycles. The summed E-state index contributed by atoms with van der Waals surface area (Å²) in [6, 6.07) is 14.4. The fourth-order valence-electron chi connectivity index (χ4n) is 3.15. The Morgan fingerprint density at radius 1 is 1.19 bits per heavy atom. The summed E-state index contributed by atoms with van der Waals surface area (Å²) in [4.78, 5) is 11.3. The smallest absolute Gasteiger partial charge is 0.405 e. The van der Waals surface area contributed by atoms with Gasteiger partial charge in [0, 0.05) is 11.0 Å². The van der Waals surface area contributed by atoms with E-state index in [1.54, 1.807) is 0 Å². The molecule has 4 heteroatoms. The molecule has 3 rings (SSSR count). The normalized spacial score (nSPS) is 18.2. The molecule has 2 N–H and O–H groups in total. The largest absolute Gasteiger partial charge is 0.492 e. The summed E-state index contributed by atoms with van der Waals surface area (Å²) >= 11 is 0. The predicted molar refractivity (Wildman–Crippen MR) is 104 cm³/mol. The van der Waals surface area contributed by atoms with Crippen LogP contribution in [-0.2, 0) is 11.2 Å². The topological polar surface area (TPSA) is 61.6 Å². The third kappa shape index (κ3) is 3.90. The summed E-state index contributed by atoms with van der Waals surface area (Å²) in [6.45, 7) is 6.60. The van der Waals surface area contributed by atoms with Gasteiger partial charge < -0.3 is 15.2 Å². The lowest BCUT2D eigenvalue weighted by molar-refractivity contribution is -0.0176. The molecule has 0 radical (unpaired) electrons. The van der Waals surface area contributed by atoms with Crippen molar-refractivity contribution >= 4 is 18.2 Å². The minimum atomic E-state index is -0.768. The van der Waals surface area contributed by atoms with Crippen LogP contribution in [0.3, 0.4) is 0 Å². The van der Waals surface area contributed by atoms with E-state index in [4.69, 9.17) is 15.2 Å². The van der Waals surface area contributed by atoms with Crippen molar-refractivity contribution in [1.29, 1.82) is 0 Å². The molecule has 1 heterocycles. The fraction of sp³-hybridized carbons (Fsp3) is 0.318. The number of fused-ring (bicyclic) bond motifs is 1. The van der Waals surface area contributed by atoms with Crippen LogP contribution in [0.5, 0.6) is 5.75 Å². The minimum Gasteiger partial charge on any atom is -0.492 e. The molecular weight excluding hydrogens is 326 g/mol. The van der Waals surface area contributed by atoms with Crippen LogP contribution < -0.4 is 10.5 Å². The number of aryl methyl sites for hydroxylation is 1. The third-order valence-corrected chi connectivity index (χ3v) is 4.72. The minimum absolute atomic E-state index is 0.333. The second-order valence-electron chi connectivity index (χ2n) is 7.32. The number of primary amides is 1. The van der Waals surface area contributed by atoms with Gasteiger partial charge in [-0.3, -0.25) is 0 Å². The van der Waals surface area contributed by atoms with E-state index in [9.17, 15) is 4.79 Å². The molecule has 26 heavy (non-hydrogen) atoms. The number of carbonyl (C=O) groups is 1. The lowest BCUT2D eigenvalue weighted by Gasteiger charge is -2.38. The van der Waals surface area contributed by atoms with Crippen LogP contribution in [0.2, 0.25) is 0 Å². The first-order valence-electron chi connectivity index (χ1n) is 8.89. The van der Waals surface area contributed by atoms with Crippen LogP contribution in [0.4, 0.5) is 4.79 Å². The van der Waals surface area contributed by atoms with E-state index < -0.39 is 12.2 Å². The van der Waals surface area contributed by atoms with Crippen LogP contribution in [0, 0.1) is 5.41 Å². The summed E-state index contributed by atoms with van der Waals surface area (Å²) in [7, 11) is 0. The average Bonchev–Trinajstić information content (AvgIpc) is 2.62. The van der Waals surface area contributed by atoms with Gasteiger partial charge in [0.15, 0.2) is 0 Å². The molecular formula is C22H25NO3. The van der Waals surface area contributed by atoms with Crippen molar-refractivity contribution in [1.82, 2.24) is 0 Å². The zero-order valence-electron chi connectivity index (χ0n) is 15.5. The molecule has 2 aromatic rings. The highest BCUT2D eigenvalue weighted by molar-refractivity contribution is 5.71. The summed E-state index contributed by atoms with van der Waals surface area (Å²) in [5.74, 6) is 0.735. The number of carbonyl (C=O) groups excluding carboxylic acids is 1. The van der Waals surface area contributed by atoms with Crippen LogP contribution in [0.25, 0.3) is 12.2 Å². The van der Waals surface area contributed by atoms with Gasteiger partial charge >= 0.3 is 6.09 Å². The molecule has 1 atom stereocenters. The Balaban J connectivity index is 1.84. The van der Waals surface area contributed by atoms with Crippen LogP contribution in [0.15, 0.2) is 42.5 Å². The van der Waals surface area contributed by atoms with E-state index in [1.165, 1.54) is 5.56 Å². The van der Waals surface area contributed by atoms with Gasteiger partial charge in [-0.25, -0.2) is 4.79 Å². The maximum absolute atomic E-state index is 11.3. The van der Waals surface area contributed by atoms with Crippen molar-refractivity contribution in [2.45, 2.75) is 33.3 Å². The van der Waals surface area contributed by atoms with Gasteiger partial charge in [0.1, 0.15) is 11.9 Å². The number of amides is 1. The molecule has 136 valence electrons. The second kappa shape index (κ2) is 7.24. The van der Waals surface area contributed by atoms with Gasteiger partial charge in [-0.05, 0) is 29.2 Å². The first-order valence-corrected chi connectivity index (χ1v) is 8.89. The maximum atomic E-state index is 11.3. The Kier molecular flexibility index (Phi) is 5.03. The first kappa shape index (κ1) is 18.1. The monoisotopic (exact) mass is 351 g/mol. The number of benzene rings is 2. The Labute approximate surface area is 154 Å². The van der Waals surface area contributed by atoms with E-state index in [2.05, 4.69) is 37.3 Å². The molecule has 1 amide bonds. The average molecular weight is 351 g/mol. The van der Waals surface area contributed by atoms with Gasteiger partial charge in [0.2, 0.25) is 0 Å². The summed E-state index contributed by atoms with van der Waals surface area (Å²) in [5.41, 5.74) is 9.27. The third-order valence-electron chi connectivity index (χ3n) is 4.72. The molecule has 0 saturated carbocycles. The van der Waals surface area contributed by atoms with Crippen molar-refractivity contribution in [3.63, 3.8) is 0 Å². The van der Waals surface area contributed by atoms with Gasteiger partial charge in [0.05, 0.1) is 6.61 Å². The van der Waals surface area contributed by atoms with Crippen LogP contribution in [-0.4, -0.2) is 12.7 Å². The van der Waals surface area contributed by atoms with E-state index in [0.29, 0.717) is 6.61 Å². The Morgan fingerprint density at radius 3 is 2.50 bits per heavy atom. The van der Waals surface area contributed by atoms with Gasteiger partial charge in [-0.15, -0.1) is 0 Å². The van der Waals surface area contributed by atoms with E-state index >= 15 is 0 Å². The predicted octanol–water partition coefficient (Wildman–Crippen LogP) is 4.97. The standard InChI is InChI=1S/C22H25NO3/c1-4-15-5-7-16(8-6-15)9-10-17-11-12-18-19(13-17)25-14-22(2,3)20(18)26-21(23)24/h5-13,20H,4,14H2,1-3H3,(H2,23,24)/b10-9+. The Bertz CT molecular complexity index is 822. The lowest BCUT2D eigenvalue weighted by Crippen LogP contribution is -2.37. The number of rotatable bonds is 4. The van der Waals surface area contributed by atoms with Crippen LogP contribution >= 0.6 is 0 Å². The Morgan fingerprint density at radius 2 is 1.85 bits per heavy atom. The van der Waals surface area contributed by atoms with Gasteiger partial charge in [-0.2, -0.15) is 0 Å². The first-order chi connectivity index (χ1) is 12.4. The van der Waals surface area contributed by atoms with Gasteiger partial charge in [0.25, 0.3) is 0 Å².